The van der Waals surface area contributed by atoms with Crippen LogP contribution in [-0.4, -0.2) is 21.1 Å². The second-order valence-corrected chi connectivity index (χ2v) is 5.61. The molecule has 0 aliphatic rings. The Labute approximate surface area is 130 Å². The smallest absolute Gasteiger partial charge is 0.357 e. The van der Waals surface area contributed by atoms with Gasteiger partial charge in [-0.15, -0.1) is 5.73 Å². The lowest BCUT2D eigenvalue weighted by Gasteiger charge is -2.22. The molecule has 0 fully saturated rings. The lowest BCUT2D eigenvalue weighted by Crippen LogP contribution is -2.27. The van der Waals surface area contributed by atoms with E-state index in [1.807, 2.05) is 41.8 Å². The molecule has 0 N–H and O–H groups in total. The van der Waals surface area contributed by atoms with Crippen molar-refractivity contribution in [1.82, 2.24) is 9.55 Å². The molecule has 1 unspecified atom stereocenters. The molecular formula is C18H20N2O2. The number of nitrogens with zero attached hydrogens (tertiary/aromatic N) is 2. The highest BCUT2D eigenvalue weighted by molar-refractivity contribution is 5.87. The van der Waals surface area contributed by atoms with Crippen LogP contribution in [0.4, 0.5) is 0 Å². The van der Waals surface area contributed by atoms with Crippen LogP contribution in [0.25, 0.3) is 0 Å². The van der Waals surface area contributed by atoms with Crippen LogP contribution in [0, 0.1) is 0 Å². The largest absolute Gasteiger partial charge is 0.450 e. The van der Waals surface area contributed by atoms with Crippen LogP contribution in [0.15, 0.2) is 61.2 Å². The highest BCUT2D eigenvalue weighted by Crippen LogP contribution is 2.21. The van der Waals surface area contributed by atoms with Gasteiger partial charge in [-0.1, -0.05) is 36.9 Å². The maximum atomic E-state index is 12.4. The summed E-state index contributed by atoms with van der Waals surface area (Å²) in [6.07, 6.45) is 4.78. The number of esters is 1. The number of aromatic nitrogens is 2. The van der Waals surface area contributed by atoms with Crippen molar-refractivity contribution >= 4 is 5.97 Å². The monoisotopic (exact) mass is 296 g/mol. The highest BCUT2D eigenvalue weighted by atomic mass is 16.6. The Morgan fingerprint density at radius 1 is 1.41 bits per heavy atom. The third-order valence-electron chi connectivity index (χ3n) is 3.38. The Morgan fingerprint density at radius 2 is 2.09 bits per heavy atom. The quantitative estimate of drug-likeness (QED) is 0.623. The van der Waals surface area contributed by atoms with Gasteiger partial charge in [-0.25, -0.2) is 9.78 Å². The van der Waals surface area contributed by atoms with Crippen LogP contribution in [-0.2, 0) is 4.74 Å². The minimum Gasteiger partial charge on any atom is -0.450 e. The molecule has 4 nitrogen and oxygen atoms in total. The zero-order valence-corrected chi connectivity index (χ0v) is 13.1. The van der Waals surface area contributed by atoms with E-state index < -0.39 is 11.6 Å². The van der Waals surface area contributed by atoms with Gasteiger partial charge >= 0.3 is 5.97 Å². The third-order valence-corrected chi connectivity index (χ3v) is 3.38. The number of benzene rings is 1. The molecule has 0 aliphatic heterocycles. The third kappa shape index (κ3) is 3.54. The second kappa shape index (κ2) is 6.46. The standard InChI is InChI=1S/C18H20N2O2/c1-5-11-18(3,4)22-17(21)16-12-19-13-20(16)14(2)15-9-7-6-8-10-15/h6-14H,1H2,2-4H3. The lowest BCUT2D eigenvalue weighted by molar-refractivity contribution is 0.0161. The molecule has 1 aromatic heterocycles. The van der Waals surface area contributed by atoms with Gasteiger partial charge in [0.1, 0.15) is 11.3 Å². The average molecular weight is 296 g/mol. The van der Waals surface area contributed by atoms with Crippen molar-refractivity contribution < 1.29 is 9.53 Å². The Kier molecular flexibility index (Phi) is 4.64. The van der Waals surface area contributed by atoms with Crippen LogP contribution >= 0.6 is 0 Å². The molecule has 0 saturated heterocycles. The molecule has 2 aromatic rings. The van der Waals surface area contributed by atoms with Gasteiger partial charge in [-0.3, -0.25) is 0 Å². The molecule has 0 aliphatic carbocycles. The highest BCUT2D eigenvalue weighted by Gasteiger charge is 2.24. The molecule has 0 bridgehead atoms. The molecule has 0 radical (unpaired) electrons. The fourth-order valence-electron chi connectivity index (χ4n) is 2.23. The first kappa shape index (κ1) is 15.8. The maximum absolute atomic E-state index is 12.4. The first-order valence-corrected chi connectivity index (χ1v) is 7.12. The first-order chi connectivity index (χ1) is 10.4. The van der Waals surface area contributed by atoms with Crippen LogP contribution in [0.5, 0.6) is 0 Å². The minimum atomic E-state index is -0.760. The van der Waals surface area contributed by atoms with Gasteiger partial charge in [-0.05, 0) is 32.4 Å². The number of hydrogen-bond acceptors (Lipinski definition) is 3. The van der Waals surface area contributed by atoms with E-state index in [1.54, 1.807) is 26.3 Å². The van der Waals surface area contributed by atoms with E-state index in [9.17, 15) is 4.79 Å². The molecule has 1 heterocycles. The number of rotatable bonds is 5. The van der Waals surface area contributed by atoms with Crippen molar-refractivity contribution in [2.75, 3.05) is 0 Å². The normalized spacial score (nSPS) is 12.3. The summed E-state index contributed by atoms with van der Waals surface area (Å²) in [5, 5.41) is 0. The minimum absolute atomic E-state index is 0.00990. The van der Waals surface area contributed by atoms with Crippen molar-refractivity contribution in [3.05, 3.63) is 72.5 Å². The van der Waals surface area contributed by atoms with Gasteiger partial charge in [-0.2, -0.15) is 0 Å². The second-order valence-electron chi connectivity index (χ2n) is 5.61. The molecule has 2 rings (SSSR count). The van der Waals surface area contributed by atoms with Gasteiger partial charge in [0.25, 0.3) is 0 Å². The first-order valence-electron chi connectivity index (χ1n) is 7.12. The number of imidazole rings is 1. The van der Waals surface area contributed by atoms with Gasteiger partial charge in [0, 0.05) is 0 Å². The summed E-state index contributed by atoms with van der Waals surface area (Å²) >= 11 is 0. The number of carbonyl (C=O) groups excluding carboxylic acids is 1. The Hall–Kier alpha value is -2.58. The number of hydrogen-bond donors (Lipinski definition) is 0. The van der Waals surface area contributed by atoms with Crippen LogP contribution in [0.2, 0.25) is 0 Å². The summed E-state index contributed by atoms with van der Waals surface area (Å²) in [5.41, 5.74) is 3.40. The van der Waals surface area contributed by atoms with E-state index in [2.05, 4.69) is 17.3 Å². The van der Waals surface area contributed by atoms with Gasteiger partial charge in [0.2, 0.25) is 0 Å². The van der Waals surface area contributed by atoms with E-state index in [0.717, 1.165) is 5.56 Å². The predicted octanol–water partition coefficient (Wildman–Crippen LogP) is 3.77. The van der Waals surface area contributed by atoms with Crippen LogP contribution < -0.4 is 0 Å². The zero-order valence-electron chi connectivity index (χ0n) is 13.1. The molecule has 0 amide bonds. The van der Waals surface area contributed by atoms with E-state index in [4.69, 9.17) is 4.74 Å². The molecule has 114 valence electrons. The number of ether oxygens (including phenoxy) is 1. The molecule has 22 heavy (non-hydrogen) atoms. The van der Waals surface area contributed by atoms with Gasteiger partial charge in [0.05, 0.1) is 18.6 Å². The summed E-state index contributed by atoms with van der Waals surface area (Å²) in [7, 11) is 0. The van der Waals surface area contributed by atoms with E-state index in [0.29, 0.717) is 5.69 Å². The van der Waals surface area contributed by atoms with Gasteiger partial charge in [0.15, 0.2) is 0 Å². The van der Waals surface area contributed by atoms with E-state index in [-0.39, 0.29) is 6.04 Å². The van der Waals surface area contributed by atoms with Crippen molar-refractivity contribution in [3.63, 3.8) is 0 Å². The van der Waals surface area contributed by atoms with Crippen LogP contribution in [0.3, 0.4) is 0 Å². The average Bonchev–Trinajstić information content (AvgIpc) is 2.96. The predicted molar refractivity (Wildman–Crippen MR) is 85.7 cm³/mol. The maximum Gasteiger partial charge on any atom is 0.357 e. The zero-order chi connectivity index (χ0) is 16.2. The number of carbonyl (C=O) groups is 1. The SMILES string of the molecule is C=C=CC(C)(C)OC(=O)c1cncn1C(C)c1ccccc1. The fourth-order valence-corrected chi connectivity index (χ4v) is 2.23. The van der Waals surface area contributed by atoms with Crippen molar-refractivity contribution in [1.29, 1.82) is 0 Å². The molecular weight excluding hydrogens is 276 g/mol. The Bertz CT molecular complexity index is 695. The van der Waals surface area contributed by atoms with Crippen molar-refractivity contribution in [3.8, 4) is 0 Å². The Balaban J connectivity index is 2.26. The van der Waals surface area contributed by atoms with E-state index in [1.165, 1.54) is 6.20 Å². The molecule has 1 atom stereocenters. The summed E-state index contributed by atoms with van der Waals surface area (Å²) < 4.78 is 7.30. The molecule has 0 spiro atoms. The molecule has 0 saturated carbocycles. The van der Waals surface area contributed by atoms with E-state index >= 15 is 0 Å². The fraction of sp³-hybridized carbons (Fsp3) is 0.278. The summed E-state index contributed by atoms with van der Waals surface area (Å²) in [5.74, 6) is -0.420. The summed E-state index contributed by atoms with van der Waals surface area (Å²) in [6, 6.07) is 9.93. The molecule has 4 heteroatoms. The van der Waals surface area contributed by atoms with Crippen molar-refractivity contribution in [2.45, 2.75) is 32.4 Å². The lowest BCUT2D eigenvalue weighted by atomic mass is 10.1. The van der Waals surface area contributed by atoms with Crippen molar-refractivity contribution in [2.24, 2.45) is 0 Å². The topological polar surface area (TPSA) is 44.1 Å². The summed E-state index contributed by atoms with van der Waals surface area (Å²) in [4.78, 5) is 16.5. The van der Waals surface area contributed by atoms with Gasteiger partial charge < -0.3 is 9.30 Å². The molecule has 1 aromatic carbocycles. The van der Waals surface area contributed by atoms with Crippen LogP contribution in [0.1, 0.15) is 42.9 Å². The Morgan fingerprint density at radius 3 is 2.73 bits per heavy atom. The summed E-state index contributed by atoms with van der Waals surface area (Å²) in [6.45, 7) is 9.09.